The van der Waals surface area contributed by atoms with Gasteiger partial charge in [0.25, 0.3) is 0 Å². The highest BCUT2D eigenvalue weighted by atomic mass is 16.5. The lowest BCUT2D eigenvalue weighted by Gasteiger charge is -2.24. The molecule has 1 aromatic carbocycles. The molecule has 0 amide bonds. The Hall–Kier alpha value is -1.66. The van der Waals surface area contributed by atoms with Gasteiger partial charge in [-0.3, -0.25) is 4.79 Å². The number of hydrogen-bond donors (Lipinski definition) is 0. The molecule has 3 heteroatoms. The largest absolute Gasteiger partial charge is 0.382 e. The zero-order valence-corrected chi connectivity index (χ0v) is 11.0. The maximum atomic E-state index is 11.9. The minimum atomic E-state index is -1.03. The summed E-state index contributed by atoms with van der Waals surface area (Å²) in [5, 5.41) is 9.45. The third-order valence-corrected chi connectivity index (χ3v) is 3.10. The summed E-state index contributed by atoms with van der Waals surface area (Å²) < 4.78 is 5.27. The molecule has 0 aliphatic rings. The van der Waals surface area contributed by atoms with Gasteiger partial charge in [0.1, 0.15) is 5.41 Å². The number of carbonyl (C=O) groups excluding carboxylic acids is 1. The number of carbonyl (C=O) groups is 1. The van der Waals surface area contributed by atoms with Gasteiger partial charge in [0.15, 0.2) is 5.78 Å². The summed E-state index contributed by atoms with van der Waals surface area (Å²) in [7, 11) is 0. The highest BCUT2D eigenvalue weighted by Crippen LogP contribution is 2.30. The van der Waals surface area contributed by atoms with E-state index >= 15 is 0 Å². The fraction of sp³-hybridized carbons (Fsp3) is 0.467. The summed E-state index contributed by atoms with van der Waals surface area (Å²) in [6.45, 7) is 4.65. The normalized spacial score (nSPS) is 13.6. The van der Waals surface area contributed by atoms with Gasteiger partial charge in [0.2, 0.25) is 0 Å². The van der Waals surface area contributed by atoms with Crippen LogP contribution in [-0.4, -0.2) is 19.0 Å². The van der Waals surface area contributed by atoms with Gasteiger partial charge in [-0.1, -0.05) is 30.3 Å². The van der Waals surface area contributed by atoms with Gasteiger partial charge in [-0.15, -0.1) is 0 Å². The number of Topliss-reactive ketones (excluding diaryl/α,β-unsaturated/α-hetero) is 1. The number of nitrogens with zero attached hydrogens (tertiary/aromatic N) is 1. The second-order valence-electron chi connectivity index (χ2n) is 4.24. The second kappa shape index (κ2) is 6.93. The van der Waals surface area contributed by atoms with Crippen LogP contribution < -0.4 is 0 Å². The maximum absolute atomic E-state index is 11.9. The third-order valence-electron chi connectivity index (χ3n) is 3.10. The monoisotopic (exact) mass is 245 g/mol. The van der Waals surface area contributed by atoms with Crippen molar-refractivity contribution >= 4 is 5.78 Å². The van der Waals surface area contributed by atoms with Crippen molar-refractivity contribution in [2.75, 3.05) is 13.2 Å². The van der Waals surface area contributed by atoms with Crippen LogP contribution in [0.2, 0.25) is 0 Å². The molecule has 0 saturated heterocycles. The summed E-state index contributed by atoms with van der Waals surface area (Å²) in [6.07, 6.45) is 1.21. The standard InChI is InChI=1S/C15H19NO2/c1-3-18-11-7-10-15(12-16,13(2)17)14-8-5-4-6-9-14/h4-6,8-9H,3,7,10-11H2,1-2H3. The van der Waals surface area contributed by atoms with Crippen LogP contribution in [0.5, 0.6) is 0 Å². The summed E-state index contributed by atoms with van der Waals surface area (Å²) in [5.74, 6) is -0.104. The summed E-state index contributed by atoms with van der Waals surface area (Å²) in [5.41, 5.74) is -0.255. The number of nitriles is 1. The Kier molecular flexibility index (Phi) is 5.54. The quantitative estimate of drug-likeness (QED) is 0.694. The fourth-order valence-corrected chi connectivity index (χ4v) is 2.03. The molecule has 0 heterocycles. The number of rotatable bonds is 7. The molecule has 0 aliphatic carbocycles. The molecular formula is C15H19NO2. The van der Waals surface area contributed by atoms with E-state index in [2.05, 4.69) is 6.07 Å². The topological polar surface area (TPSA) is 50.1 Å². The molecule has 0 N–H and O–H groups in total. The molecule has 18 heavy (non-hydrogen) atoms. The van der Waals surface area contributed by atoms with Crippen molar-refractivity contribution in [1.29, 1.82) is 5.26 Å². The van der Waals surface area contributed by atoms with E-state index < -0.39 is 5.41 Å². The minimum absolute atomic E-state index is 0.104. The predicted octanol–water partition coefficient (Wildman–Crippen LogP) is 2.85. The Morgan fingerprint density at radius 2 is 2.06 bits per heavy atom. The van der Waals surface area contributed by atoms with E-state index in [-0.39, 0.29) is 5.78 Å². The molecule has 0 aromatic heterocycles. The van der Waals surface area contributed by atoms with Crippen LogP contribution in [0.15, 0.2) is 30.3 Å². The Morgan fingerprint density at radius 1 is 1.39 bits per heavy atom. The van der Waals surface area contributed by atoms with E-state index in [0.717, 1.165) is 5.56 Å². The van der Waals surface area contributed by atoms with Gasteiger partial charge in [-0.25, -0.2) is 0 Å². The lowest BCUT2D eigenvalue weighted by atomic mass is 9.75. The zero-order chi connectivity index (χ0) is 13.4. The maximum Gasteiger partial charge on any atom is 0.154 e. The van der Waals surface area contributed by atoms with Crippen LogP contribution in [-0.2, 0) is 14.9 Å². The molecule has 0 saturated carbocycles. The first-order valence-electron chi connectivity index (χ1n) is 6.23. The highest BCUT2D eigenvalue weighted by Gasteiger charge is 2.36. The van der Waals surface area contributed by atoms with Crippen molar-refractivity contribution in [3.63, 3.8) is 0 Å². The first kappa shape index (κ1) is 14.4. The lowest BCUT2D eigenvalue weighted by Crippen LogP contribution is -2.32. The molecule has 0 spiro atoms. The number of benzene rings is 1. The average Bonchev–Trinajstić information content (AvgIpc) is 2.40. The fourth-order valence-electron chi connectivity index (χ4n) is 2.03. The Balaban J connectivity index is 2.90. The summed E-state index contributed by atoms with van der Waals surface area (Å²) >= 11 is 0. The predicted molar refractivity (Wildman–Crippen MR) is 70.1 cm³/mol. The van der Waals surface area contributed by atoms with Crippen molar-refractivity contribution < 1.29 is 9.53 Å². The van der Waals surface area contributed by atoms with Gasteiger partial charge < -0.3 is 4.74 Å². The first-order chi connectivity index (χ1) is 8.67. The van der Waals surface area contributed by atoms with Crippen molar-refractivity contribution in [1.82, 2.24) is 0 Å². The first-order valence-corrected chi connectivity index (χ1v) is 6.23. The molecule has 0 radical (unpaired) electrons. The van der Waals surface area contributed by atoms with E-state index in [1.807, 2.05) is 37.3 Å². The molecule has 0 aliphatic heterocycles. The van der Waals surface area contributed by atoms with Gasteiger partial charge in [0, 0.05) is 13.2 Å². The molecule has 1 aromatic rings. The minimum Gasteiger partial charge on any atom is -0.382 e. The van der Waals surface area contributed by atoms with Crippen LogP contribution in [0.1, 0.15) is 32.3 Å². The van der Waals surface area contributed by atoms with Crippen LogP contribution in [0.25, 0.3) is 0 Å². The molecule has 1 unspecified atom stereocenters. The zero-order valence-electron chi connectivity index (χ0n) is 11.0. The van der Waals surface area contributed by atoms with Crippen molar-refractivity contribution in [2.45, 2.75) is 32.1 Å². The molecule has 1 rings (SSSR count). The van der Waals surface area contributed by atoms with Crippen LogP contribution >= 0.6 is 0 Å². The van der Waals surface area contributed by atoms with Crippen LogP contribution in [0.4, 0.5) is 0 Å². The lowest BCUT2D eigenvalue weighted by molar-refractivity contribution is -0.120. The third kappa shape index (κ3) is 3.18. The number of ether oxygens (including phenoxy) is 1. The van der Waals surface area contributed by atoms with E-state index in [9.17, 15) is 10.1 Å². The SMILES string of the molecule is CCOCCCC(C#N)(C(C)=O)c1ccccc1. The van der Waals surface area contributed by atoms with Crippen LogP contribution in [0, 0.1) is 11.3 Å². The summed E-state index contributed by atoms with van der Waals surface area (Å²) in [4.78, 5) is 11.9. The second-order valence-corrected chi connectivity index (χ2v) is 4.24. The average molecular weight is 245 g/mol. The van der Waals surface area contributed by atoms with E-state index in [1.165, 1.54) is 6.92 Å². The summed E-state index contributed by atoms with van der Waals surface area (Å²) in [6, 6.07) is 11.5. The Bertz CT molecular complexity index is 422. The number of ketones is 1. The molecule has 1 atom stereocenters. The van der Waals surface area contributed by atoms with E-state index in [4.69, 9.17) is 4.74 Å². The molecular weight excluding hydrogens is 226 g/mol. The van der Waals surface area contributed by atoms with Gasteiger partial charge in [-0.05, 0) is 32.3 Å². The van der Waals surface area contributed by atoms with Crippen molar-refractivity contribution in [2.24, 2.45) is 0 Å². The van der Waals surface area contributed by atoms with Crippen molar-refractivity contribution in [3.8, 4) is 6.07 Å². The molecule has 96 valence electrons. The van der Waals surface area contributed by atoms with Gasteiger partial charge in [-0.2, -0.15) is 5.26 Å². The Labute approximate surface area is 108 Å². The highest BCUT2D eigenvalue weighted by molar-refractivity contribution is 5.91. The molecule has 0 fully saturated rings. The van der Waals surface area contributed by atoms with E-state index in [1.54, 1.807) is 0 Å². The Morgan fingerprint density at radius 3 is 2.56 bits per heavy atom. The van der Waals surface area contributed by atoms with Gasteiger partial charge in [0.05, 0.1) is 6.07 Å². The van der Waals surface area contributed by atoms with Crippen molar-refractivity contribution in [3.05, 3.63) is 35.9 Å². The number of hydrogen-bond acceptors (Lipinski definition) is 3. The molecule has 0 bridgehead atoms. The molecule has 3 nitrogen and oxygen atoms in total. The van der Waals surface area contributed by atoms with Crippen LogP contribution in [0.3, 0.4) is 0 Å². The van der Waals surface area contributed by atoms with E-state index in [0.29, 0.717) is 26.1 Å². The smallest absolute Gasteiger partial charge is 0.154 e. The van der Waals surface area contributed by atoms with Gasteiger partial charge >= 0.3 is 0 Å².